The summed E-state index contributed by atoms with van der Waals surface area (Å²) >= 11 is 1.15. The van der Waals surface area contributed by atoms with Crippen LogP contribution in [-0.2, 0) is 0 Å². The van der Waals surface area contributed by atoms with Gasteiger partial charge >= 0.3 is 5.97 Å². The van der Waals surface area contributed by atoms with Gasteiger partial charge in [0.15, 0.2) is 5.13 Å². The molecule has 0 radical (unpaired) electrons. The summed E-state index contributed by atoms with van der Waals surface area (Å²) in [4.78, 5) is 15.3. The second-order valence-electron chi connectivity index (χ2n) is 3.73. The number of carboxylic acid groups (broad SMARTS) is 1. The zero-order valence-corrected chi connectivity index (χ0v) is 10.3. The fourth-order valence-electron chi connectivity index (χ4n) is 1.49. The molecule has 0 saturated carbocycles. The molecular formula is C12H12N2O2S. The van der Waals surface area contributed by atoms with Crippen molar-refractivity contribution in [1.82, 2.24) is 4.98 Å². The number of carboxylic acids is 1. The molecule has 1 aromatic heterocycles. The van der Waals surface area contributed by atoms with Crippen LogP contribution in [0.1, 0.15) is 20.9 Å². The van der Waals surface area contributed by atoms with Crippen LogP contribution in [0.3, 0.4) is 0 Å². The first-order valence-corrected chi connectivity index (χ1v) is 5.92. The maximum Gasteiger partial charge on any atom is 0.347 e. The van der Waals surface area contributed by atoms with Crippen LogP contribution >= 0.6 is 11.3 Å². The van der Waals surface area contributed by atoms with Crippen LogP contribution in [0.25, 0.3) is 0 Å². The number of benzene rings is 1. The van der Waals surface area contributed by atoms with Gasteiger partial charge in [-0.15, -0.1) is 0 Å². The lowest BCUT2D eigenvalue weighted by Crippen LogP contribution is -1.94. The largest absolute Gasteiger partial charge is 0.477 e. The fourth-order valence-corrected chi connectivity index (χ4v) is 2.32. The third-order valence-corrected chi connectivity index (χ3v) is 3.32. The van der Waals surface area contributed by atoms with E-state index in [0.717, 1.165) is 22.6 Å². The molecule has 1 heterocycles. The Kier molecular flexibility index (Phi) is 3.10. The number of hydrogen-bond donors (Lipinski definition) is 2. The van der Waals surface area contributed by atoms with Gasteiger partial charge in [-0.2, -0.15) is 0 Å². The number of aryl methyl sites for hydroxylation is 2. The van der Waals surface area contributed by atoms with E-state index in [2.05, 4.69) is 10.3 Å². The highest BCUT2D eigenvalue weighted by Crippen LogP contribution is 2.25. The Morgan fingerprint density at radius 3 is 2.76 bits per heavy atom. The average molecular weight is 248 g/mol. The number of aromatic nitrogens is 1. The number of aromatic carboxylic acids is 1. The van der Waals surface area contributed by atoms with Crippen LogP contribution in [0.15, 0.2) is 24.3 Å². The minimum absolute atomic E-state index is 0.278. The van der Waals surface area contributed by atoms with Crippen LogP contribution in [0, 0.1) is 13.8 Å². The van der Waals surface area contributed by atoms with E-state index >= 15 is 0 Å². The van der Waals surface area contributed by atoms with Crippen molar-refractivity contribution in [1.29, 1.82) is 0 Å². The van der Waals surface area contributed by atoms with Gasteiger partial charge in [0.1, 0.15) is 4.88 Å². The second-order valence-corrected chi connectivity index (χ2v) is 4.73. The van der Waals surface area contributed by atoms with Crippen molar-refractivity contribution in [2.45, 2.75) is 13.8 Å². The smallest absolute Gasteiger partial charge is 0.347 e. The number of carbonyl (C=O) groups is 1. The lowest BCUT2D eigenvalue weighted by Gasteiger charge is -2.02. The van der Waals surface area contributed by atoms with Crippen LogP contribution < -0.4 is 5.32 Å². The molecule has 0 aliphatic rings. The standard InChI is InChI=1S/C12H12N2O2S/c1-7-4-3-5-9(6-7)14-12-13-8(2)10(17-12)11(15)16/h3-6H,1-2H3,(H,13,14)(H,15,16). The maximum absolute atomic E-state index is 10.9. The van der Waals surface area contributed by atoms with Gasteiger partial charge in [0, 0.05) is 5.69 Å². The van der Waals surface area contributed by atoms with Crippen molar-refractivity contribution in [3.63, 3.8) is 0 Å². The summed E-state index contributed by atoms with van der Waals surface area (Å²) in [6.45, 7) is 3.70. The average Bonchev–Trinajstić information content (AvgIpc) is 2.59. The van der Waals surface area contributed by atoms with Crippen molar-refractivity contribution >= 4 is 28.1 Å². The lowest BCUT2D eigenvalue weighted by atomic mass is 10.2. The molecular weight excluding hydrogens is 236 g/mol. The molecule has 0 amide bonds. The molecule has 0 saturated heterocycles. The van der Waals surface area contributed by atoms with E-state index in [4.69, 9.17) is 5.11 Å². The lowest BCUT2D eigenvalue weighted by molar-refractivity contribution is 0.0701. The molecule has 17 heavy (non-hydrogen) atoms. The molecule has 5 heteroatoms. The van der Waals surface area contributed by atoms with Gasteiger partial charge in [-0.1, -0.05) is 23.5 Å². The Morgan fingerprint density at radius 1 is 1.41 bits per heavy atom. The van der Waals surface area contributed by atoms with Gasteiger partial charge in [0.25, 0.3) is 0 Å². The Morgan fingerprint density at radius 2 is 2.18 bits per heavy atom. The minimum Gasteiger partial charge on any atom is -0.477 e. The molecule has 0 bridgehead atoms. The summed E-state index contributed by atoms with van der Waals surface area (Å²) < 4.78 is 0. The molecule has 0 atom stereocenters. The Hall–Kier alpha value is -1.88. The summed E-state index contributed by atoms with van der Waals surface area (Å²) in [6, 6.07) is 7.85. The van der Waals surface area contributed by atoms with E-state index in [1.54, 1.807) is 6.92 Å². The zero-order valence-electron chi connectivity index (χ0n) is 9.52. The number of nitrogens with zero attached hydrogens (tertiary/aromatic N) is 1. The molecule has 2 N–H and O–H groups in total. The molecule has 0 unspecified atom stereocenters. The monoisotopic (exact) mass is 248 g/mol. The van der Waals surface area contributed by atoms with Gasteiger partial charge in [-0.05, 0) is 31.5 Å². The predicted octanol–water partition coefficient (Wildman–Crippen LogP) is 3.20. The number of nitrogens with one attached hydrogen (secondary N) is 1. The first-order valence-electron chi connectivity index (χ1n) is 5.10. The van der Waals surface area contributed by atoms with Crippen molar-refractivity contribution in [3.05, 3.63) is 40.4 Å². The highest BCUT2D eigenvalue weighted by Gasteiger charge is 2.13. The molecule has 0 aliphatic heterocycles. The minimum atomic E-state index is -0.933. The third-order valence-electron chi connectivity index (χ3n) is 2.26. The first-order chi connectivity index (χ1) is 8.06. The maximum atomic E-state index is 10.9. The van der Waals surface area contributed by atoms with E-state index in [1.165, 1.54) is 0 Å². The molecule has 2 rings (SSSR count). The first kappa shape index (κ1) is 11.6. The van der Waals surface area contributed by atoms with E-state index in [1.807, 2.05) is 31.2 Å². The van der Waals surface area contributed by atoms with E-state index in [-0.39, 0.29) is 4.88 Å². The number of thiazole rings is 1. The summed E-state index contributed by atoms with van der Waals surface area (Å²) in [6.07, 6.45) is 0. The molecule has 0 aliphatic carbocycles. The van der Waals surface area contributed by atoms with Crippen molar-refractivity contribution in [2.24, 2.45) is 0 Å². The quantitative estimate of drug-likeness (QED) is 0.875. The highest BCUT2D eigenvalue weighted by molar-refractivity contribution is 7.17. The van der Waals surface area contributed by atoms with Crippen LogP contribution in [0.2, 0.25) is 0 Å². The third kappa shape index (κ3) is 2.62. The zero-order chi connectivity index (χ0) is 12.4. The summed E-state index contributed by atoms with van der Waals surface area (Å²) in [5.74, 6) is -0.933. The van der Waals surface area contributed by atoms with Gasteiger partial charge in [0.2, 0.25) is 0 Å². The second kappa shape index (κ2) is 4.55. The topological polar surface area (TPSA) is 62.2 Å². The Labute approximate surface area is 103 Å². The van der Waals surface area contributed by atoms with E-state index < -0.39 is 5.97 Å². The van der Waals surface area contributed by atoms with Gasteiger partial charge in [0.05, 0.1) is 5.69 Å². The van der Waals surface area contributed by atoms with Crippen molar-refractivity contribution in [2.75, 3.05) is 5.32 Å². The van der Waals surface area contributed by atoms with Crippen molar-refractivity contribution < 1.29 is 9.90 Å². The van der Waals surface area contributed by atoms with Crippen LogP contribution in [0.5, 0.6) is 0 Å². The fraction of sp³-hybridized carbons (Fsp3) is 0.167. The summed E-state index contributed by atoms with van der Waals surface area (Å²) in [5, 5.41) is 12.6. The number of rotatable bonds is 3. The molecule has 2 aromatic rings. The van der Waals surface area contributed by atoms with Crippen molar-refractivity contribution in [3.8, 4) is 0 Å². The highest BCUT2D eigenvalue weighted by atomic mass is 32.1. The molecule has 0 spiro atoms. The van der Waals surface area contributed by atoms with Gasteiger partial charge < -0.3 is 10.4 Å². The van der Waals surface area contributed by atoms with Crippen LogP contribution in [-0.4, -0.2) is 16.1 Å². The Balaban J connectivity index is 2.25. The Bertz CT molecular complexity index is 563. The van der Waals surface area contributed by atoms with E-state index in [9.17, 15) is 4.79 Å². The molecule has 1 aromatic carbocycles. The molecule has 4 nitrogen and oxygen atoms in total. The normalized spacial score (nSPS) is 10.2. The van der Waals surface area contributed by atoms with Gasteiger partial charge in [-0.3, -0.25) is 0 Å². The summed E-state index contributed by atoms with van der Waals surface area (Å²) in [5.41, 5.74) is 2.59. The summed E-state index contributed by atoms with van der Waals surface area (Å²) in [7, 11) is 0. The van der Waals surface area contributed by atoms with E-state index in [0.29, 0.717) is 10.8 Å². The number of hydrogen-bond acceptors (Lipinski definition) is 4. The number of anilines is 2. The SMILES string of the molecule is Cc1cccc(Nc2nc(C)c(C(=O)O)s2)c1. The molecule has 0 fully saturated rings. The predicted molar refractivity (Wildman–Crippen MR) is 68.3 cm³/mol. The van der Waals surface area contributed by atoms with Crippen LogP contribution in [0.4, 0.5) is 10.8 Å². The molecule has 88 valence electrons. The van der Waals surface area contributed by atoms with Gasteiger partial charge in [-0.25, -0.2) is 9.78 Å².